The van der Waals surface area contributed by atoms with E-state index in [0.29, 0.717) is 12.6 Å². The second kappa shape index (κ2) is 5.96. The third kappa shape index (κ3) is 3.19. The molecule has 1 aromatic heterocycles. The van der Waals surface area contributed by atoms with Gasteiger partial charge in [0.2, 0.25) is 0 Å². The van der Waals surface area contributed by atoms with Crippen molar-refractivity contribution in [3.63, 3.8) is 0 Å². The number of benzene rings is 1. The molecule has 19 heavy (non-hydrogen) atoms. The maximum Gasteiger partial charge on any atom is 0.140 e. The first-order valence-electron chi connectivity index (χ1n) is 6.04. The molecule has 1 aromatic carbocycles. The molecule has 0 aliphatic rings. The van der Waals surface area contributed by atoms with Crippen LogP contribution in [0.4, 0.5) is 4.39 Å². The van der Waals surface area contributed by atoms with Crippen LogP contribution < -0.4 is 0 Å². The third-order valence-electron chi connectivity index (χ3n) is 3.20. The van der Waals surface area contributed by atoms with E-state index in [9.17, 15) is 4.39 Å². The van der Waals surface area contributed by atoms with Crippen molar-refractivity contribution in [3.8, 4) is 6.07 Å². The SMILES string of the molecule is CC(c1cccs1)N(C)Cc1ccc(F)c(C#N)c1. The number of hydrogen-bond acceptors (Lipinski definition) is 3. The van der Waals surface area contributed by atoms with E-state index in [-0.39, 0.29) is 5.56 Å². The second-order valence-corrected chi connectivity index (χ2v) is 5.51. The molecule has 1 atom stereocenters. The van der Waals surface area contributed by atoms with Gasteiger partial charge in [-0.1, -0.05) is 12.1 Å². The van der Waals surface area contributed by atoms with Crippen LogP contribution >= 0.6 is 11.3 Å². The van der Waals surface area contributed by atoms with Crippen LogP contribution in [0.1, 0.15) is 29.0 Å². The molecule has 0 saturated carbocycles. The smallest absolute Gasteiger partial charge is 0.140 e. The predicted octanol–water partition coefficient (Wildman–Crippen LogP) is 3.95. The van der Waals surface area contributed by atoms with Gasteiger partial charge in [-0.25, -0.2) is 4.39 Å². The molecule has 0 radical (unpaired) electrons. The highest BCUT2D eigenvalue weighted by Crippen LogP contribution is 2.25. The monoisotopic (exact) mass is 274 g/mol. The van der Waals surface area contributed by atoms with Crippen LogP contribution in [0.2, 0.25) is 0 Å². The fourth-order valence-corrected chi connectivity index (χ4v) is 2.78. The van der Waals surface area contributed by atoms with E-state index in [1.54, 1.807) is 23.5 Å². The lowest BCUT2D eigenvalue weighted by molar-refractivity contribution is 0.256. The summed E-state index contributed by atoms with van der Waals surface area (Å²) in [5, 5.41) is 10.9. The van der Waals surface area contributed by atoms with Crippen LogP contribution in [0.3, 0.4) is 0 Å². The van der Waals surface area contributed by atoms with Gasteiger partial charge in [-0.2, -0.15) is 5.26 Å². The van der Waals surface area contributed by atoms with E-state index >= 15 is 0 Å². The van der Waals surface area contributed by atoms with E-state index in [0.717, 1.165) is 5.56 Å². The Balaban J connectivity index is 2.11. The maximum absolute atomic E-state index is 13.3. The first-order chi connectivity index (χ1) is 9.11. The quantitative estimate of drug-likeness (QED) is 0.844. The summed E-state index contributed by atoms with van der Waals surface area (Å²) in [7, 11) is 2.03. The molecule has 0 amide bonds. The minimum atomic E-state index is -0.458. The van der Waals surface area contributed by atoms with Gasteiger partial charge in [0.25, 0.3) is 0 Å². The van der Waals surface area contributed by atoms with Crippen molar-refractivity contribution in [2.45, 2.75) is 19.5 Å². The molecule has 0 saturated heterocycles. The topological polar surface area (TPSA) is 27.0 Å². The van der Waals surface area contributed by atoms with Gasteiger partial charge in [-0.05, 0) is 43.1 Å². The van der Waals surface area contributed by atoms with E-state index in [1.807, 2.05) is 19.2 Å². The van der Waals surface area contributed by atoms with Crippen LogP contribution in [-0.2, 0) is 6.54 Å². The van der Waals surface area contributed by atoms with Crippen molar-refractivity contribution in [3.05, 3.63) is 57.5 Å². The summed E-state index contributed by atoms with van der Waals surface area (Å²) in [6.07, 6.45) is 0. The van der Waals surface area contributed by atoms with Crippen molar-refractivity contribution in [2.24, 2.45) is 0 Å². The maximum atomic E-state index is 13.3. The van der Waals surface area contributed by atoms with E-state index in [1.165, 1.54) is 10.9 Å². The first-order valence-corrected chi connectivity index (χ1v) is 6.92. The zero-order chi connectivity index (χ0) is 13.8. The number of nitrogens with zero attached hydrogens (tertiary/aromatic N) is 2. The summed E-state index contributed by atoms with van der Waals surface area (Å²) in [4.78, 5) is 3.48. The average Bonchev–Trinajstić information content (AvgIpc) is 2.94. The minimum absolute atomic E-state index is 0.106. The summed E-state index contributed by atoms with van der Waals surface area (Å²) in [5.41, 5.74) is 1.05. The lowest BCUT2D eigenvalue weighted by Gasteiger charge is -2.23. The lowest BCUT2D eigenvalue weighted by Crippen LogP contribution is -2.21. The molecule has 0 N–H and O–H groups in total. The molecule has 0 spiro atoms. The standard InChI is InChI=1S/C15H15FN2S/c1-11(15-4-3-7-19-15)18(2)10-12-5-6-14(16)13(8-12)9-17/h3-8,11H,10H2,1-2H3. The molecule has 2 nitrogen and oxygen atoms in total. The Labute approximate surface area is 116 Å². The number of thiophene rings is 1. The Hall–Kier alpha value is -1.70. The molecule has 0 fully saturated rings. The molecule has 4 heteroatoms. The van der Waals surface area contributed by atoms with Gasteiger partial charge in [0.15, 0.2) is 0 Å². The van der Waals surface area contributed by atoms with Gasteiger partial charge in [-0.3, -0.25) is 4.90 Å². The number of hydrogen-bond donors (Lipinski definition) is 0. The van der Waals surface area contributed by atoms with Crippen LogP contribution in [0.15, 0.2) is 35.7 Å². The van der Waals surface area contributed by atoms with E-state index < -0.39 is 5.82 Å². The van der Waals surface area contributed by atoms with Gasteiger partial charge in [0, 0.05) is 17.5 Å². The Morgan fingerprint density at radius 1 is 1.42 bits per heavy atom. The zero-order valence-corrected chi connectivity index (χ0v) is 11.7. The predicted molar refractivity (Wildman–Crippen MR) is 75.3 cm³/mol. The largest absolute Gasteiger partial charge is 0.295 e. The number of rotatable bonds is 4. The Kier molecular flexibility index (Phi) is 4.31. The minimum Gasteiger partial charge on any atom is -0.295 e. The van der Waals surface area contributed by atoms with Gasteiger partial charge >= 0.3 is 0 Å². The van der Waals surface area contributed by atoms with Crippen molar-refractivity contribution in [1.82, 2.24) is 4.90 Å². The lowest BCUT2D eigenvalue weighted by atomic mass is 10.1. The molecule has 1 heterocycles. The number of nitriles is 1. The highest BCUT2D eigenvalue weighted by atomic mass is 32.1. The van der Waals surface area contributed by atoms with Crippen molar-refractivity contribution in [1.29, 1.82) is 5.26 Å². The normalized spacial score (nSPS) is 12.4. The highest BCUT2D eigenvalue weighted by molar-refractivity contribution is 7.10. The summed E-state index contributed by atoms with van der Waals surface area (Å²) in [6.45, 7) is 2.83. The Morgan fingerprint density at radius 2 is 2.21 bits per heavy atom. The average molecular weight is 274 g/mol. The van der Waals surface area contributed by atoms with Gasteiger partial charge in [0.05, 0.1) is 5.56 Å². The zero-order valence-electron chi connectivity index (χ0n) is 10.9. The van der Waals surface area contributed by atoms with Crippen LogP contribution in [0.25, 0.3) is 0 Å². The first kappa shape index (κ1) is 13.7. The molecule has 0 aliphatic heterocycles. The molecule has 1 unspecified atom stereocenters. The van der Waals surface area contributed by atoms with Crippen LogP contribution in [-0.4, -0.2) is 11.9 Å². The van der Waals surface area contributed by atoms with E-state index in [4.69, 9.17) is 5.26 Å². The fourth-order valence-electron chi connectivity index (χ4n) is 1.93. The van der Waals surface area contributed by atoms with Gasteiger partial charge in [0.1, 0.15) is 11.9 Å². The second-order valence-electron chi connectivity index (χ2n) is 4.53. The molecule has 2 rings (SSSR count). The van der Waals surface area contributed by atoms with Crippen molar-refractivity contribution < 1.29 is 4.39 Å². The van der Waals surface area contributed by atoms with Crippen LogP contribution in [0, 0.1) is 17.1 Å². The Morgan fingerprint density at radius 3 is 2.84 bits per heavy atom. The highest BCUT2D eigenvalue weighted by Gasteiger charge is 2.13. The summed E-state index contributed by atoms with van der Waals surface area (Å²) in [6, 6.07) is 11.0. The molecule has 98 valence electrons. The molecule has 0 bridgehead atoms. The fraction of sp³-hybridized carbons (Fsp3) is 0.267. The van der Waals surface area contributed by atoms with Gasteiger partial charge in [-0.15, -0.1) is 11.3 Å². The van der Waals surface area contributed by atoms with Crippen molar-refractivity contribution in [2.75, 3.05) is 7.05 Å². The summed E-state index contributed by atoms with van der Waals surface area (Å²) >= 11 is 1.73. The summed E-state index contributed by atoms with van der Waals surface area (Å²) in [5.74, 6) is -0.458. The van der Waals surface area contributed by atoms with Crippen molar-refractivity contribution >= 4 is 11.3 Å². The van der Waals surface area contributed by atoms with Crippen LogP contribution in [0.5, 0.6) is 0 Å². The number of halogens is 1. The summed E-state index contributed by atoms with van der Waals surface area (Å²) < 4.78 is 13.3. The molecular formula is C15H15FN2S. The molecule has 0 aliphatic carbocycles. The molecule has 2 aromatic rings. The Bertz CT molecular complexity index is 587. The third-order valence-corrected chi connectivity index (χ3v) is 4.24. The van der Waals surface area contributed by atoms with Gasteiger partial charge < -0.3 is 0 Å². The van der Waals surface area contributed by atoms with E-state index in [2.05, 4.69) is 23.3 Å². The molecular weight excluding hydrogens is 259 g/mol.